The van der Waals surface area contributed by atoms with Gasteiger partial charge in [0, 0.05) is 24.0 Å². The molecule has 0 saturated heterocycles. The van der Waals surface area contributed by atoms with Crippen molar-refractivity contribution in [3.8, 4) is 17.0 Å². The number of thiophene rings is 1. The van der Waals surface area contributed by atoms with Gasteiger partial charge in [-0.05, 0) is 30.5 Å². The number of carbonyl (C=O) groups excluding carboxylic acids is 1. The second-order valence-electron chi connectivity index (χ2n) is 7.10. The molecule has 5 nitrogen and oxygen atoms in total. The summed E-state index contributed by atoms with van der Waals surface area (Å²) in [7, 11) is 1.85. The van der Waals surface area contributed by atoms with Crippen LogP contribution in [-0.4, -0.2) is 40.5 Å². The topological polar surface area (TPSA) is 55.3 Å². The van der Waals surface area contributed by atoms with Crippen LogP contribution in [0.2, 0.25) is 0 Å². The van der Waals surface area contributed by atoms with Gasteiger partial charge < -0.3 is 9.64 Å². The lowest BCUT2D eigenvalue weighted by Gasteiger charge is -2.31. The lowest BCUT2D eigenvalue weighted by molar-refractivity contribution is -0.134. The Morgan fingerprint density at radius 2 is 1.96 bits per heavy atom. The predicted molar refractivity (Wildman–Crippen MR) is 108 cm³/mol. The zero-order valence-electron chi connectivity index (χ0n) is 15.7. The van der Waals surface area contributed by atoms with E-state index in [0.29, 0.717) is 11.9 Å². The summed E-state index contributed by atoms with van der Waals surface area (Å²) < 4.78 is 19.1. The van der Waals surface area contributed by atoms with Crippen molar-refractivity contribution in [2.75, 3.05) is 13.7 Å². The Morgan fingerprint density at radius 3 is 2.71 bits per heavy atom. The van der Waals surface area contributed by atoms with Gasteiger partial charge in [0.2, 0.25) is 5.88 Å². The summed E-state index contributed by atoms with van der Waals surface area (Å²) in [6.07, 6.45) is 7.14. The number of carbonyl (C=O) groups is 1. The predicted octanol–water partition coefficient (Wildman–Crippen LogP) is 4.67. The zero-order chi connectivity index (χ0) is 19.5. The number of benzene rings is 1. The third-order valence-corrected chi connectivity index (χ3v) is 6.23. The molecule has 0 spiro atoms. The van der Waals surface area contributed by atoms with Gasteiger partial charge in [-0.1, -0.05) is 31.4 Å². The van der Waals surface area contributed by atoms with Gasteiger partial charge in [-0.2, -0.15) is 0 Å². The smallest absolute Gasteiger partial charge is 0.260 e. The van der Waals surface area contributed by atoms with Crippen LogP contribution >= 0.6 is 11.3 Å². The number of halogens is 1. The Bertz CT molecular complexity index is 967. The largest absolute Gasteiger partial charge is 0.467 e. The van der Waals surface area contributed by atoms with E-state index in [9.17, 15) is 9.18 Å². The monoisotopic (exact) mass is 399 g/mol. The van der Waals surface area contributed by atoms with Crippen molar-refractivity contribution in [2.45, 2.75) is 38.1 Å². The molecule has 0 N–H and O–H groups in total. The van der Waals surface area contributed by atoms with E-state index in [1.807, 2.05) is 17.3 Å². The van der Waals surface area contributed by atoms with Crippen LogP contribution in [0.4, 0.5) is 4.39 Å². The number of aromatic nitrogens is 2. The highest BCUT2D eigenvalue weighted by Crippen LogP contribution is 2.37. The van der Waals surface area contributed by atoms with Crippen molar-refractivity contribution in [1.82, 2.24) is 14.9 Å². The molecule has 0 unspecified atom stereocenters. The number of nitrogens with zero attached hydrogens (tertiary/aromatic N) is 3. The molecule has 1 aliphatic carbocycles. The van der Waals surface area contributed by atoms with Gasteiger partial charge in [0.15, 0.2) is 6.61 Å². The summed E-state index contributed by atoms with van der Waals surface area (Å²) >= 11 is 1.47. The number of hydrogen-bond donors (Lipinski definition) is 0. The third kappa shape index (κ3) is 3.85. The molecule has 0 bridgehead atoms. The number of hydrogen-bond acceptors (Lipinski definition) is 5. The molecule has 7 heteroatoms. The molecule has 28 heavy (non-hydrogen) atoms. The fourth-order valence-corrected chi connectivity index (χ4v) is 4.61. The SMILES string of the molecule is CN(C(=O)COc1ncnc2scc(-c3ccc(F)cc3)c12)C1CCCCC1. The molecule has 2 heterocycles. The number of fused-ring (bicyclic) bond motifs is 1. The van der Waals surface area contributed by atoms with E-state index >= 15 is 0 Å². The third-order valence-electron chi connectivity index (χ3n) is 5.34. The summed E-state index contributed by atoms with van der Waals surface area (Å²) in [5.74, 6) is 0.0561. The van der Waals surface area contributed by atoms with Gasteiger partial charge in [0.05, 0.1) is 5.39 Å². The Kier molecular flexibility index (Phi) is 5.52. The molecule has 1 aliphatic rings. The van der Waals surface area contributed by atoms with Crippen LogP contribution in [0.3, 0.4) is 0 Å². The van der Waals surface area contributed by atoms with E-state index in [1.54, 1.807) is 12.1 Å². The minimum atomic E-state index is -0.285. The van der Waals surface area contributed by atoms with Crippen LogP contribution in [0, 0.1) is 5.82 Å². The first-order valence-electron chi connectivity index (χ1n) is 9.50. The highest BCUT2D eigenvalue weighted by atomic mass is 32.1. The van der Waals surface area contributed by atoms with Crippen molar-refractivity contribution < 1.29 is 13.9 Å². The molecule has 146 valence electrons. The van der Waals surface area contributed by atoms with Gasteiger partial charge in [0.1, 0.15) is 17.0 Å². The van der Waals surface area contributed by atoms with E-state index in [-0.39, 0.29) is 18.3 Å². The highest BCUT2D eigenvalue weighted by molar-refractivity contribution is 7.17. The first kappa shape index (κ1) is 18.8. The van der Waals surface area contributed by atoms with Crippen LogP contribution in [0.1, 0.15) is 32.1 Å². The molecular weight excluding hydrogens is 377 g/mol. The molecule has 1 aromatic carbocycles. The van der Waals surface area contributed by atoms with Gasteiger partial charge in [-0.3, -0.25) is 4.79 Å². The van der Waals surface area contributed by atoms with Crippen molar-refractivity contribution in [3.63, 3.8) is 0 Å². The van der Waals surface area contributed by atoms with Gasteiger partial charge >= 0.3 is 0 Å². The second kappa shape index (κ2) is 8.22. The van der Waals surface area contributed by atoms with E-state index in [4.69, 9.17) is 4.74 Å². The van der Waals surface area contributed by atoms with Crippen molar-refractivity contribution in [1.29, 1.82) is 0 Å². The summed E-state index contributed by atoms with van der Waals surface area (Å²) in [5.41, 5.74) is 1.74. The quantitative estimate of drug-likeness (QED) is 0.626. The second-order valence-corrected chi connectivity index (χ2v) is 7.96. The fourth-order valence-electron chi connectivity index (χ4n) is 3.70. The van der Waals surface area contributed by atoms with Crippen LogP contribution < -0.4 is 4.74 Å². The number of ether oxygens (including phenoxy) is 1. The maximum absolute atomic E-state index is 13.3. The van der Waals surface area contributed by atoms with Gasteiger partial charge in [0.25, 0.3) is 5.91 Å². The molecule has 0 radical (unpaired) electrons. The average molecular weight is 399 g/mol. The average Bonchev–Trinajstić information content (AvgIpc) is 3.17. The van der Waals surface area contributed by atoms with Gasteiger partial charge in [-0.15, -0.1) is 11.3 Å². The summed E-state index contributed by atoms with van der Waals surface area (Å²) in [4.78, 5) is 23.7. The van der Waals surface area contributed by atoms with Crippen molar-refractivity contribution in [2.24, 2.45) is 0 Å². The van der Waals surface area contributed by atoms with E-state index < -0.39 is 0 Å². The molecule has 1 saturated carbocycles. The molecule has 3 aromatic rings. The lowest BCUT2D eigenvalue weighted by Crippen LogP contribution is -2.40. The Labute approximate surface area is 167 Å². The highest BCUT2D eigenvalue weighted by Gasteiger charge is 2.23. The number of rotatable bonds is 5. The maximum atomic E-state index is 13.3. The van der Waals surface area contributed by atoms with Crippen LogP contribution in [0.5, 0.6) is 5.88 Å². The molecule has 1 amide bonds. The normalized spacial score (nSPS) is 14.9. The Hall–Kier alpha value is -2.54. The molecule has 4 rings (SSSR count). The first-order valence-corrected chi connectivity index (χ1v) is 10.4. The zero-order valence-corrected chi connectivity index (χ0v) is 16.5. The summed E-state index contributed by atoms with van der Waals surface area (Å²) in [5, 5.41) is 2.71. The van der Waals surface area contributed by atoms with Crippen molar-refractivity contribution in [3.05, 3.63) is 41.8 Å². The molecule has 2 aromatic heterocycles. The van der Waals surface area contributed by atoms with E-state index in [1.165, 1.54) is 49.1 Å². The van der Waals surface area contributed by atoms with Gasteiger partial charge in [-0.25, -0.2) is 14.4 Å². The molecule has 1 fully saturated rings. The molecular formula is C21H22FN3O2S. The molecule has 0 aliphatic heterocycles. The van der Waals surface area contributed by atoms with Crippen LogP contribution in [-0.2, 0) is 4.79 Å². The minimum Gasteiger partial charge on any atom is -0.467 e. The maximum Gasteiger partial charge on any atom is 0.260 e. The Morgan fingerprint density at radius 1 is 1.21 bits per heavy atom. The summed E-state index contributed by atoms with van der Waals surface area (Å²) in [6.45, 7) is -0.0577. The summed E-state index contributed by atoms with van der Waals surface area (Å²) in [6, 6.07) is 6.58. The minimum absolute atomic E-state index is 0.0442. The van der Waals surface area contributed by atoms with Crippen molar-refractivity contribution >= 4 is 27.5 Å². The first-order chi connectivity index (χ1) is 13.6. The number of likely N-dealkylation sites (N-methyl/N-ethyl adjacent to an activating group) is 1. The molecule has 0 atom stereocenters. The fraction of sp³-hybridized carbons (Fsp3) is 0.381. The Balaban J connectivity index is 1.54. The standard InChI is InChI=1S/C21H22FN3O2S/c1-25(16-5-3-2-4-6-16)18(26)11-27-20-19-17(12-28-21(19)24-13-23-20)14-7-9-15(22)10-8-14/h7-10,12-13,16H,2-6,11H2,1H3. The lowest BCUT2D eigenvalue weighted by atomic mass is 9.94. The van der Waals surface area contributed by atoms with E-state index in [2.05, 4.69) is 9.97 Å². The number of amides is 1. The van der Waals surface area contributed by atoms with E-state index in [0.717, 1.165) is 34.2 Å². The van der Waals surface area contributed by atoms with Crippen LogP contribution in [0.25, 0.3) is 21.3 Å². The van der Waals surface area contributed by atoms with Crippen LogP contribution in [0.15, 0.2) is 36.0 Å².